The minimum Gasteiger partial charge on any atom is -0.324 e. The molecule has 0 aliphatic carbocycles. The molecule has 4 rings (SSSR count). The summed E-state index contributed by atoms with van der Waals surface area (Å²) in [6.45, 7) is 2.17. The molecule has 0 atom stereocenters. The Morgan fingerprint density at radius 2 is 1.81 bits per heavy atom. The smallest absolute Gasteiger partial charge is 0.324 e. The van der Waals surface area contributed by atoms with Crippen molar-refractivity contribution in [1.82, 2.24) is 33.6 Å². The number of anilines is 1. The van der Waals surface area contributed by atoms with Crippen molar-refractivity contribution < 1.29 is 13.2 Å². The summed E-state index contributed by atoms with van der Waals surface area (Å²) in [7, 11) is -0.722. The van der Waals surface area contributed by atoms with Gasteiger partial charge in [-0.05, 0) is 19.1 Å². The fraction of sp³-hybridized carbons (Fsp3) is 0.333. The van der Waals surface area contributed by atoms with Gasteiger partial charge in [0.15, 0.2) is 11.2 Å². The fourth-order valence-corrected chi connectivity index (χ4v) is 5.26. The van der Waals surface area contributed by atoms with Crippen LogP contribution in [0.25, 0.3) is 11.2 Å². The number of carbonyl (C=O) groups excluding carboxylic acids is 1. The predicted octanol–water partition coefficient (Wildman–Crippen LogP) is 0.143. The highest BCUT2D eigenvalue weighted by Crippen LogP contribution is 2.16. The van der Waals surface area contributed by atoms with Crippen molar-refractivity contribution in [3.05, 3.63) is 62.0 Å². The van der Waals surface area contributed by atoms with E-state index < -0.39 is 21.3 Å². The van der Waals surface area contributed by atoms with Crippen LogP contribution >= 0.6 is 11.3 Å². The zero-order valence-corrected chi connectivity index (χ0v) is 21.4. The van der Waals surface area contributed by atoms with Gasteiger partial charge in [0.05, 0.1) is 11.2 Å². The molecule has 15 heteroatoms. The molecule has 0 aliphatic heterocycles. The highest BCUT2D eigenvalue weighted by atomic mass is 32.2. The molecular formula is C21H24N8O5S2. The molecule has 4 aromatic rings. The topological polar surface area (TPSA) is 163 Å². The molecule has 0 saturated carbocycles. The summed E-state index contributed by atoms with van der Waals surface area (Å²) in [5.74, 6) is -0.346. The Hall–Kier alpha value is -3.69. The molecule has 0 saturated heterocycles. The molecule has 0 bridgehead atoms. The second-order valence-corrected chi connectivity index (χ2v) is 10.9. The molecule has 0 fully saturated rings. The van der Waals surface area contributed by atoms with Gasteiger partial charge < -0.3 is 9.88 Å². The summed E-state index contributed by atoms with van der Waals surface area (Å²) in [5.41, 5.74) is 0.476. The van der Waals surface area contributed by atoms with Crippen molar-refractivity contribution >= 4 is 43.6 Å². The molecule has 0 unspecified atom stereocenters. The van der Waals surface area contributed by atoms with Gasteiger partial charge in [-0.15, -0.1) is 10.2 Å². The van der Waals surface area contributed by atoms with Crippen molar-refractivity contribution in [2.45, 2.75) is 31.2 Å². The van der Waals surface area contributed by atoms with Gasteiger partial charge in [-0.2, -0.15) is 0 Å². The lowest BCUT2D eigenvalue weighted by Crippen LogP contribution is -2.37. The van der Waals surface area contributed by atoms with E-state index in [2.05, 4.69) is 25.2 Å². The maximum atomic E-state index is 12.5. The molecule has 13 nitrogen and oxygen atoms in total. The second-order valence-electron chi connectivity index (χ2n) is 8.08. The van der Waals surface area contributed by atoms with Crippen LogP contribution in [0.4, 0.5) is 5.13 Å². The van der Waals surface area contributed by atoms with Gasteiger partial charge in [0.25, 0.3) is 5.56 Å². The van der Waals surface area contributed by atoms with E-state index in [0.29, 0.717) is 11.4 Å². The number of nitrogens with zero attached hydrogens (tertiary/aromatic N) is 6. The third-order valence-electron chi connectivity index (χ3n) is 5.47. The number of nitrogens with one attached hydrogen (secondary N) is 2. The fourth-order valence-electron chi connectivity index (χ4n) is 3.47. The number of carbonyl (C=O) groups is 1. The van der Waals surface area contributed by atoms with E-state index >= 15 is 0 Å². The van der Waals surface area contributed by atoms with Crippen LogP contribution in [0.2, 0.25) is 0 Å². The zero-order chi connectivity index (χ0) is 26.0. The molecule has 0 spiro atoms. The number of hydrogen-bond donors (Lipinski definition) is 2. The van der Waals surface area contributed by atoms with E-state index in [9.17, 15) is 22.8 Å². The number of sulfonamides is 1. The molecule has 3 aromatic heterocycles. The van der Waals surface area contributed by atoms with Gasteiger partial charge in [-0.1, -0.05) is 29.0 Å². The molecule has 2 N–H and O–H groups in total. The summed E-state index contributed by atoms with van der Waals surface area (Å²) in [4.78, 5) is 41.3. The Morgan fingerprint density at radius 3 is 2.53 bits per heavy atom. The number of rotatable bonds is 9. The second kappa shape index (κ2) is 10.1. The van der Waals surface area contributed by atoms with Gasteiger partial charge in [0, 0.05) is 40.0 Å². The van der Waals surface area contributed by atoms with Crippen LogP contribution in [0, 0.1) is 6.92 Å². The highest BCUT2D eigenvalue weighted by Gasteiger charge is 2.16. The lowest BCUT2D eigenvalue weighted by atomic mass is 10.2. The number of hydrogen-bond acceptors (Lipinski definition) is 9. The maximum Gasteiger partial charge on any atom is 0.332 e. The Balaban J connectivity index is 1.31. The van der Waals surface area contributed by atoms with Crippen LogP contribution in [-0.4, -0.2) is 49.8 Å². The number of aryl methyl sites for hydroxylation is 3. The van der Waals surface area contributed by atoms with Gasteiger partial charge in [-0.25, -0.2) is 22.9 Å². The van der Waals surface area contributed by atoms with Crippen LogP contribution in [-0.2, 0) is 41.9 Å². The number of imidazole rings is 1. The van der Waals surface area contributed by atoms with Crippen molar-refractivity contribution in [3.63, 3.8) is 0 Å². The van der Waals surface area contributed by atoms with Crippen molar-refractivity contribution in [1.29, 1.82) is 0 Å². The molecule has 36 heavy (non-hydrogen) atoms. The van der Waals surface area contributed by atoms with Gasteiger partial charge >= 0.3 is 5.69 Å². The van der Waals surface area contributed by atoms with E-state index in [1.165, 1.54) is 29.6 Å². The van der Waals surface area contributed by atoms with E-state index in [0.717, 1.165) is 21.5 Å². The SMILES string of the molecule is Cc1ccc(S(=O)(=O)NCCc2nnc(NC(=O)CCn3cnc4c3c(=O)n(C)c(=O)n4C)s2)cc1. The molecular weight excluding hydrogens is 508 g/mol. The molecule has 1 aromatic carbocycles. The quantitative estimate of drug-likeness (QED) is 0.308. The van der Waals surface area contributed by atoms with E-state index in [-0.39, 0.29) is 46.6 Å². The van der Waals surface area contributed by atoms with Crippen LogP contribution < -0.4 is 21.3 Å². The predicted molar refractivity (Wildman–Crippen MR) is 133 cm³/mol. The molecule has 1 amide bonds. The van der Waals surface area contributed by atoms with E-state index in [4.69, 9.17) is 0 Å². The maximum absolute atomic E-state index is 12.5. The Morgan fingerprint density at radius 1 is 1.08 bits per heavy atom. The van der Waals surface area contributed by atoms with Crippen LogP contribution in [0.5, 0.6) is 0 Å². The Kier molecular flexibility index (Phi) is 7.14. The Bertz CT molecular complexity index is 1650. The Labute approximate surface area is 209 Å². The van der Waals surface area contributed by atoms with Crippen LogP contribution in [0.3, 0.4) is 0 Å². The minimum absolute atomic E-state index is 0.0305. The third kappa shape index (κ3) is 5.27. The average Bonchev–Trinajstić information content (AvgIpc) is 3.47. The number of benzene rings is 1. The van der Waals surface area contributed by atoms with E-state index in [1.807, 2.05) is 6.92 Å². The third-order valence-corrected chi connectivity index (χ3v) is 7.85. The standard InChI is InChI=1S/C21H24N8O5S2/c1-13-4-6-14(7-5-13)36(33,34)23-10-8-16-25-26-20(35-16)24-15(30)9-11-29-12-22-18-17(29)19(31)28(3)21(32)27(18)2/h4-7,12,23H,8-11H2,1-3H3,(H,24,26,30). The van der Waals surface area contributed by atoms with Gasteiger partial charge in [0.2, 0.25) is 21.1 Å². The summed E-state index contributed by atoms with van der Waals surface area (Å²) in [6.07, 6.45) is 1.75. The van der Waals surface area contributed by atoms with Crippen molar-refractivity contribution in [2.24, 2.45) is 14.1 Å². The first-order chi connectivity index (χ1) is 17.1. The zero-order valence-electron chi connectivity index (χ0n) is 19.8. The summed E-state index contributed by atoms with van der Waals surface area (Å²) in [5, 5.41) is 11.4. The molecule has 0 radical (unpaired) electrons. The van der Waals surface area contributed by atoms with Crippen molar-refractivity contribution in [2.75, 3.05) is 11.9 Å². The first kappa shape index (κ1) is 25.4. The van der Waals surface area contributed by atoms with E-state index in [1.54, 1.807) is 24.3 Å². The average molecular weight is 533 g/mol. The first-order valence-corrected chi connectivity index (χ1v) is 13.2. The lowest BCUT2D eigenvalue weighted by molar-refractivity contribution is -0.116. The highest BCUT2D eigenvalue weighted by molar-refractivity contribution is 7.89. The van der Waals surface area contributed by atoms with Crippen molar-refractivity contribution in [3.8, 4) is 0 Å². The van der Waals surface area contributed by atoms with Gasteiger partial charge in [0.1, 0.15) is 5.01 Å². The minimum atomic E-state index is -3.63. The van der Waals surface area contributed by atoms with Crippen LogP contribution in [0.1, 0.15) is 17.0 Å². The normalized spacial score (nSPS) is 11.8. The number of aromatic nitrogens is 6. The summed E-state index contributed by atoms with van der Waals surface area (Å²) in [6, 6.07) is 6.54. The monoisotopic (exact) mass is 532 g/mol. The lowest BCUT2D eigenvalue weighted by Gasteiger charge is -2.06. The molecule has 3 heterocycles. The number of fused-ring (bicyclic) bond motifs is 1. The number of amides is 1. The first-order valence-electron chi connectivity index (χ1n) is 10.9. The molecule has 0 aliphatic rings. The summed E-state index contributed by atoms with van der Waals surface area (Å²) < 4.78 is 31.1. The summed E-state index contributed by atoms with van der Waals surface area (Å²) >= 11 is 1.14. The van der Waals surface area contributed by atoms with Crippen LogP contribution in [0.15, 0.2) is 45.1 Å². The molecule has 190 valence electrons. The largest absolute Gasteiger partial charge is 0.332 e. The van der Waals surface area contributed by atoms with Gasteiger partial charge in [-0.3, -0.25) is 18.7 Å².